The van der Waals surface area contributed by atoms with Crippen molar-refractivity contribution in [2.24, 2.45) is 0 Å². The monoisotopic (exact) mass is 876 g/mol. The number of hydrogen-bond donors (Lipinski definition) is 2. The van der Waals surface area contributed by atoms with Gasteiger partial charge in [0.25, 0.3) is 0 Å². The molecule has 1 fully saturated rings. The molecule has 3 heterocycles. The molecule has 0 saturated carbocycles. The Labute approximate surface area is 339 Å². The van der Waals surface area contributed by atoms with Crippen molar-refractivity contribution in [1.82, 2.24) is 19.6 Å². The second-order valence-corrected chi connectivity index (χ2v) is 24.4. The minimum Gasteiger partial charge on any atom is -0.442 e. The summed E-state index contributed by atoms with van der Waals surface area (Å²) in [5.74, 6) is 0. The number of rotatable bonds is 4. The summed E-state index contributed by atoms with van der Waals surface area (Å²) < 4.78 is 49.6. The van der Waals surface area contributed by atoms with Crippen molar-refractivity contribution < 1.29 is 37.5 Å². The van der Waals surface area contributed by atoms with Crippen molar-refractivity contribution in [2.75, 3.05) is 38.1 Å². The van der Waals surface area contributed by atoms with Crippen LogP contribution in [0.15, 0.2) is 65.7 Å². The molecule has 4 aromatic rings. The number of halogens is 1. The fraction of sp³-hybridized carbons (Fsp3) is 0.474. The van der Waals surface area contributed by atoms with E-state index < -0.39 is 56.0 Å². The van der Waals surface area contributed by atoms with Crippen LogP contribution >= 0.6 is 30.2 Å². The highest BCUT2D eigenvalue weighted by Gasteiger charge is 2.52. The molecule has 2 aromatic carbocycles. The predicted octanol–water partition coefficient (Wildman–Crippen LogP) is 7.41. The van der Waals surface area contributed by atoms with E-state index in [4.69, 9.17) is 30.2 Å². The van der Waals surface area contributed by atoms with Gasteiger partial charge in [0.15, 0.2) is 0 Å². The first kappa shape index (κ1) is 46.7. The number of nitrogen functional groups attached to an aromatic ring is 2. The van der Waals surface area contributed by atoms with E-state index in [0.717, 1.165) is 30.3 Å². The summed E-state index contributed by atoms with van der Waals surface area (Å²) in [6.45, 7) is 25.5. The second-order valence-electron chi connectivity index (χ2n) is 17.1. The van der Waals surface area contributed by atoms with E-state index in [1.54, 1.807) is 90.4 Å². The van der Waals surface area contributed by atoms with E-state index in [-0.39, 0.29) is 0 Å². The molecule has 18 heteroatoms. The van der Waals surface area contributed by atoms with Gasteiger partial charge in [0.1, 0.15) is 25.5 Å². The minimum atomic E-state index is -2.49. The van der Waals surface area contributed by atoms with Gasteiger partial charge in [-0.15, -0.1) is 0 Å². The van der Waals surface area contributed by atoms with Crippen molar-refractivity contribution in [3.8, 4) is 11.1 Å². The van der Waals surface area contributed by atoms with E-state index in [0.29, 0.717) is 22.1 Å². The van der Waals surface area contributed by atoms with E-state index in [2.05, 4.69) is 26.1 Å². The van der Waals surface area contributed by atoms with Crippen molar-refractivity contribution in [3.63, 3.8) is 0 Å². The Hall–Kier alpha value is -3.68. The molecule has 0 amide bonds. The lowest BCUT2D eigenvalue weighted by Crippen LogP contribution is -2.41. The lowest BCUT2D eigenvalue weighted by atomic mass is 9.82. The van der Waals surface area contributed by atoms with E-state index in [1.807, 2.05) is 66.7 Å². The number of anilines is 2. The average Bonchev–Trinajstić information content (AvgIpc) is 3.75. The van der Waals surface area contributed by atoms with Gasteiger partial charge < -0.3 is 39.4 Å². The zero-order valence-electron chi connectivity index (χ0n) is 34.8. The standard InChI is InChI=1S/C16H22N3O3P.C14H23BN2O4.C8H11BrNOP/c1-16(2,3)22-15(20)19-10-12(9-18-19)11-6-7-13(17)14(8-11)23(4,5)21;1-12(2,3)19-11(18)17-9-10(8-16-17)15-20-13(4,5)14(6,7)21-15;1-12(2,11)8-5-6(9)3-4-7(8)10/h6-10H,17H2,1-5H3;8-9H,1-7H3;3-5H,10H2,1-2H3. The highest BCUT2D eigenvalue weighted by Crippen LogP contribution is 2.39. The van der Waals surface area contributed by atoms with Crippen molar-refractivity contribution in [2.45, 2.75) is 91.6 Å². The van der Waals surface area contributed by atoms with E-state index in [9.17, 15) is 18.7 Å². The van der Waals surface area contributed by atoms with Crippen LogP contribution in [0.2, 0.25) is 0 Å². The highest BCUT2D eigenvalue weighted by molar-refractivity contribution is 9.10. The van der Waals surface area contributed by atoms with Gasteiger partial charge in [0, 0.05) is 56.1 Å². The van der Waals surface area contributed by atoms with Crippen LogP contribution in [-0.2, 0) is 27.9 Å². The van der Waals surface area contributed by atoms with Gasteiger partial charge in [-0.3, -0.25) is 0 Å². The summed E-state index contributed by atoms with van der Waals surface area (Å²) in [6, 6.07) is 10.7. The molecule has 1 aliphatic heterocycles. The van der Waals surface area contributed by atoms with Gasteiger partial charge in [-0.2, -0.15) is 19.6 Å². The number of nitrogens with zero attached hydrogens (tertiary/aromatic N) is 4. The SMILES string of the molecule is CC(C)(C)OC(=O)n1cc(-c2ccc(N)c(P(C)(C)=O)c2)cn1.CC(C)(C)OC(=O)n1cc(B2OC(C)(C)C(C)(C)O2)cn1.CP(C)(=O)c1cc(Br)ccc1N. The molecular formula is C38H56BBrN6O8P2. The van der Waals surface area contributed by atoms with Crippen LogP contribution in [0.3, 0.4) is 0 Å². The van der Waals surface area contributed by atoms with Crippen LogP contribution in [0, 0.1) is 0 Å². The first-order chi connectivity index (χ1) is 25.3. The normalized spacial score (nSPS) is 15.2. The lowest BCUT2D eigenvalue weighted by molar-refractivity contribution is 0.00578. The maximum Gasteiger partial charge on any atom is 0.498 e. The molecule has 0 radical (unpaired) electrons. The first-order valence-electron chi connectivity index (χ1n) is 17.8. The molecular weight excluding hydrogens is 821 g/mol. The summed E-state index contributed by atoms with van der Waals surface area (Å²) in [5, 5.41) is 9.43. The Morgan fingerprint density at radius 1 is 0.714 bits per heavy atom. The fourth-order valence-corrected chi connectivity index (χ4v) is 7.73. The molecule has 14 nitrogen and oxygen atoms in total. The molecule has 0 bridgehead atoms. The highest BCUT2D eigenvalue weighted by atomic mass is 79.9. The van der Waals surface area contributed by atoms with Crippen LogP contribution in [-0.4, -0.2) is 87.9 Å². The van der Waals surface area contributed by atoms with E-state index >= 15 is 0 Å². The van der Waals surface area contributed by atoms with Gasteiger partial charge >= 0.3 is 19.3 Å². The van der Waals surface area contributed by atoms with Crippen molar-refractivity contribution in [3.05, 3.63) is 65.7 Å². The largest absolute Gasteiger partial charge is 0.498 e. The number of carbonyl (C=O) groups is 2. The zero-order valence-corrected chi connectivity index (χ0v) is 38.2. The van der Waals surface area contributed by atoms with Crippen LogP contribution in [0.25, 0.3) is 11.1 Å². The number of carbonyl (C=O) groups excluding carboxylic acids is 2. The Morgan fingerprint density at radius 2 is 1.14 bits per heavy atom. The minimum absolute atomic E-state index is 0.425. The molecule has 56 heavy (non-hydrogen) atoms. The van der Waals surface area contributed by atoms with Gasteiger partial charge in [-0.25, -0.2) is 9.59 Å². The Morgan fingerprint density at radius 3 is 1.59 bits per heavy atom. The van der Waals surface area contributed by atoms with Crippen molar-refractivity contribution in [1.29, 1.82) is 0 Å². The Kier molecular flexibility index (Phi) is 14.2. The first-order valence-corrected chi connectivity index (χ1v) is 23.8. The molecule has 2 aromatic heterocycles. The Bertz CT molecular complexity index is 2130. The van der Waals surface area contributed by atoms with Crippen molar-refractivity contribution >= 4 is 77.0 Å². The van der Waals surface area contributed by atoms with Gasteiger partial charge in [-0.05, 0) is 132 Å². The number of aromatic nitrogens is 4. The van der Waals surface area contributed by atoms with Crippen LogP contribution in [0.1, 0.15) is 69.2 Å². The summed E-state index contributed by atoms with van der Waals surface area (Å²) in [7, 11) is -5.26. The van der Waals surface area contributed by atoms with Crippen LogP contribution in [0.5, 0.6) is 0 Å². The molecule has 4 N–H and O–H groups in total. The summed E-state index contributed by atoms with van der Waals surface area (Å²) in [6.07, 6.45) is 5.22. The van der Waals surface area contributed by atoms with Gasteiger partial charge in [0.05, 0.1) is 17.4 Å². The molecule has 0 atom stereocenters. The third-order valence-electron chi connectivity index (χ3n) is 8.39. The second kappa shape index (κ2) is 17.0. The van der Waals surface area contributed by atoms with Gasteiger partial charge in [-0.1, -0.05) is 22.0 Å². The smallest absolute Gasteiger partial charge is 0.442 e. The Balaban J connectivity index is 0.000000236. The average molecular weight is 878 g/mol. The molecule has 306 valence electrons. The molecule has 5 rings (SSSR count). The fourth-order valence-electron chi connectivity index (χ4n) is 4.90. The number of ether oxygens (including phenoxy) is 2. The predicted molar refractivity (Wildman–Crippen MR) is 230 cm³/mol. The lowest BCUT2D eigenvalue weighted by Gasteiger charge is -2.32. The topological polar surface area (TPSA) is 193 Å². The summed E-state index contributed by atoms with van der Waals surface area (Å²) in [4.78, 5) is 23.9. The molecule has 0 spiro atoms. The van der Waals surface area contributed by atoms with Crippen LogP contribution in [0.4, 0.5) is 21.0 Å². The third-order valence-corrected chi connectivity index (χ3v) is 12.0. The zero-order chi connectivity index (χ0) is 42.8. The number of nitrogens with two attached hydrogens (primary N) is 2. The molecule has 0 unspecified atom stereocenters. The maximum atomic E-state index is 12.3. The molecule has 1 saturated heterocycles. The summed E-state index contributed by atoms with van der Waals surface area (Å²) >= 11 is 3.31. The summed E-state index contributed by atoms with van der Waals surface area (Å²) in [5.41, 5.74) is 12.9. The van der Waals surface area contributed by atoms with Gasteiger partial charge in [0.2, 0.25) is 0 Å². The van der Waals surface area contributed by atoms with E-state index in [1.165, 1.54) is 0 Å². The number of benzene rings is 2. The molecule has 1 aliphatic rings. The third kappa shape index (κ3) is 12.9. The quantitative estimate of drug-likeness (QED) is 0.117. The maximum absolute atomic E-state index is 12.3. The molecule has 0 aliphatic carbocycles. The van der Waals surface area contributed by atoms with Crippen LogP contribution < -0.4 is 27.5 Å². The number of hydrogen-bond acceptors (Lipinski definition) is 12.